The number of nitrogens with zero attached hydrogens (tertiary/aromatic N) is 2. The topological polar surface area (TPSA) is 61.0 Å². The molecule has 0 bridgehead atoms. The molecule has 1 amide bonds. The number of H-pyrrole nitrogens is 1. The van der Waals surface area contributed by atoms with Gasteiger partial charge in [-0.05, 0) is 43.5 Å². The molecule has 1 aromatic heterocycles. The zero-order valence-corrected chi connectivity index (χ0v) is 15.2. The summed E-state index contributed by atoms with van der Waals surface area (Å²) in [4.78, 5) is 15.0. The number of carbonyl (C=O) groups excluding carboxylic acids is 1. The van der Waals surface area contributed by atoms with E-state index in [4.69, 9.17) is 0 Å². The molecule has 0 saturated heterocycles. The second-order valence-electron chi connectivity index (χ2n) is 7.17. The summed E-state index contributed by atoms with van der Waals surface area (Å²) in [6, 6.07) is 14.9. The van der Waals surface area contributed by atoms with E-state index >= 15 is 0 Å². The van der Waals surface area contributed by atoms with E-state index < -0.39 is 0 Å². The number of nitrogens with one attached hydrogen (secondary N) is 2. The molecule has 1 aliphatic rings. The Hall–Kier alpha value is -2.66. The van der Waals surface area contributed by atoms with Crippen LogP contribution in [-0.2, 0) is 13.0 Å². The van der Waals surface area contributed by atoms with Crippen molar-refractivity contribution in [1.82, 2.24) is 20.4 Å². The van der Waals surface area contributed by atoms with Crippen LogP contribution in [0.5, 0.6) is 0 Å². The predicted molar refractivity (Wildman–Crippen MR) is 103 cm³/mol. The van der Waals surface area contributed by atoms with Crippen molar-refractivity contribution in [1.29, 1.82) is 0 Å². The van der Waals surface area contributed by atoms with Crippen molar-refractivity contribution in [3.05, 3.63) is 64.8 Å². The summed E-state index contributed by atoms with van der Waals surface area (Å²) in [5, 5.41) is 11.1. The van der Waals surface area contributed by atoms with E-state index in [2.05, 4.69) is 51.6 Å². The molecule has 2 heterocycles. The molecule has 2 N–H and O–H groups in total. The van der Waals surface area contributed by atoms with Crippen LogP contribution in [0.4, 0.5) is 0 Å². The molecular weight excluding hydrogens is 324 g/mol. The van der Waals surface area contributed by atoms with Crippen molar-refractivity contribution in [3.8, 4) is 0 Å². The summed E-state index contributed by atoms with van der Waals surface area (Å²) < 4.78 is 0. The van der Waals surface area contributed by atoms with Crippen molar-refractivity contribution >= 4 is 16.8 Å². The monoisotopic (exact) mass is 348 g/mol. The number of aromatic amines is 1. The molecule has 0 fully saturated rings. The minimum atomic E-state index is -0.119. The molecule has 5 nitrogen and oxygen atoms in total. The van der Waals surface area contributed by atoms with Crippen LogP contribution in [0, 0.1) is 6.92 Å². The lowest BCUT2D eigenvalue weighted by Crippen LogP contribution is -2.44. The summed E-state index contributed by atoms with van der Waals surface area (Å²) >= 11 is 0. The van der Waals surface area contributed by atoms with Crippen molar-refractivity contribution in [2.24, 2.45) is 0 Å². The quantitative estimate of drug-likeness (QED) is 0.762. The van der Waals surface area contributed by atoms with Crippen LogP contribution in [0.15, 0.2) is 42.5 Å². The number of rotatable bonds is 4. The summed E-state index contributed by atoms with van der Waals surface area (Å²) in [6.45, 7) is 6.77. The maximum Gasteiger partial charge on any atom is 0.272 e. The Labute approximate surface area is 153 Å². The maximum absolute atomic E-state index is 12.6. The summed E-state index contributed by atoms with van der Waals surface area (Å²) in [7, 11) is 0. The molecule has 0 radical (unpaired) electrons. The number of aromatic nitrogens is 2. The number of aryl methyl sites for hydroxylation is 1. The third-order valence-electron chi connectivity index (χ3n) is 5.27. The lowest BCUT2D eigenvalue weighted by Gasteiger charge is -2.33. The second-order valence-corrected chi connectivity index (χ2v) is 7.17. The van der Waals surface area contributed by atoms with Gasteiger partial charge in [0.25, 0.3) is 5.91 Å². The average Bonchev–Trinajstić information content (AvgIpc) is 3.08. The molecular formula is C21H24N4O. The molecule has 0 spiro atoms. The number of amides is 1. The first-order chi connectivity index (χ1) is 12.6. The first-order valence-electron chi connectivity index (χ1n) is 9.15. The van der Waals surface area contributed by atoms with Crippen LogP contribution in [0.3, 0.4) is 0 Å². The third kappa shape index (κ3) is 3.22. The smallest absolute Gasteiger partial charge is 0.272 e. The van der Waals surface area contributed by atoms with Crippen LogP contribution in [0.25, 0.3) is 10.9 Å². The Bertz CT molecular complexity index is 946. The number of benzene rings is 2. The van der Waals surface area contributed by atoms with Crippen LogP contribution in [0.2, 0.25) is 0 Å². The van der Waals surface area contributed by atoms with Gasteiger partial charge in [-0.15, -0.1) is 0 Å². The van der Waals surface area contributed by atoms with E-state index in [0.717, 1.165) is 36.0 Å². The molecule has 0 aliphatic carbocycles. The molecule has 0 saturated carbocycles. The summed E-state index contributed by atoms with van der Waals surface area (Å²) in [5.41, 5.74) is 5.32. The Morgan fingerprint density at radius 2 is 2.08 bits per heavy atom. The minimum Gasteiger partial charge on any atom is -0.349 e. The number of hydrogen-bond acceptors (Lipinski definition) is 3. The predicted octanol–water partition coefficient (Wildman–Crippen LogP) is 3.05. The van der Waals surface area contributed by atoms with Crippen LogP contribution >= 0.6 is 0 Å². The molecule has 2 aromatic carbocycles. The van der Waals surface area contributed by atoms with Crippen molar-refractivity contribution in [3.63, 3.8) is 0 Å². The Kier molecular flexibility index (Phi) is 4.47. The number of carbonyl (C=O) groups is 1. The number of fused-ring (bicyclic) bond motifs is 2. The van der Waals surface area contributed by atoms with E-state index in [1.54, 1.807) is 0 Å². The maximum atomic E-state index is 12.6. The van der Waals surface area contributed by atoms with Crippen LogP contribution in [0.1, 0.15) is 34.1 Å². The highest BCUT2D eigenvalue weighted by Crippen LogP contribution is 2.20. The van der Waals surface area contributed by atoms with Crippen molar-refractivity contribution < 1.29 is 4.79 Å². The third-order valence-corrected chi connectivity index (χ3v) is 5.27. The Morgan fingerprint density at radius 3 is 2.92 bits per heavy atom. The van der Waals surface area contributed by atoms with Gasteiger partial charge in [0.2, 0.25) is 0 Å². The largest absolute Gasteiger partial charge is 0.349 e. The minimum absolute atomic E-state index is 0.119. The van der Waals surface area contributed by atoms with Gasteiger partial charge in [-0.1, -0.05) is 35.9 Å². The van der Waals surface area contributed by atoms with E-state index in [1.165, 1.54) is 11.1 Å². The highest BCUT2D eigenvalue weighted by molar-refractivity contribution is 6.04. The van der Waals surface area contributed by atoms with Crippen molar-refractivity contribution in [2.45, 2.75) is 32.9 Å². The van der Waals surface area contributed by atoms with Crippen molar-refractivity contribution in [2.75, 3.05) is 13.1 Å². The van der Waals surface area contributed by atoms with Crippen LogP contribution < -0.4 is 5.32 Å². The highest BCUT2D eigenvalue weighted by atomic mass is 16.1. The molecule has 3 aromatic rings. The van der Waals surface area contributed by atoms with Gasteiger partial charge in [0.1, 0.15) is 0 Å². The van der Waals surface area contributed by atoms with Gasteiger partial charge in [-0.25, -0.2) is 0 Å². The first-order valence-corrected chi connectivity index (χ1v) is 9.15. The highest BCUT2D eigenvalue weighted by Gasteiger charge is 2.21. The molecule has 1 unspecified atom stereocenters. The van der Waals surface area contributed by atoms with E-state index in [-0.39, 0.29) is 11.9 Å². The molecule has 4 rings (SSSR count). The van der Waals surface area contributed by atoms with Gasteiger partial charge in [-0.2, -0.15) is 5.10 Å². The van der Waals surface area contributed by atoms with Gasteiger partial charge in [0.15, 0.2) is 5.69 Å². The zero-order chi connectivity index (χ0) is 18.1. The molecule has 26 heavy (non-hydrogen) atoms. The fourth-order valence-electron chi connectivity index (χ4n) is 3.65. The van der Waals surface area contributed by atoms with E-state index in [9.17, 15) is 4.79 Å². The standard InChI is InChI=1S/C21H24N4O/c1-14-7-8-19-18(11-14)20(24-23-19)21(26)22-12-15(2)25-10-9-16-5-3-4-6-17(16)13-25/h3-8,11,15H,9-10,12-13H2,1-2H3,(H,22,26)(H,23,24). The van der Waals surface area contributed by atoms with Gasteiger partial charge < -0.3 is 5.32 Å². The fourth-order valence-corrected chi connectivity index (χ4v) is 3.65. The normalized spacial score (nSPS) is 15.6. The molecule has 5 heteroatoms. The van der Waals surface area contributed by atoms with Gasteiger partial charge in [0.05, 0.1) is 5.52 Å². The molecule has 134 valence electrons. The first kappa shape index (κ1) is 16.8. The Balaban J connectivity index is 1.40. The Morgan fingerprint density at radius 1 is 1.27 bits per heavy atom. The lowest BCUT2D eigenvalue weighted by atomic mass is 9.99. The zero-order valence-electron chi connectivity index (χ0n) is 15.2. The second kappa shape index (κ2) is 6.92. The van der Waals surface area contributed by atoms with Gasteiger partial charge in [-0.3, -0.25) is 14.8 Å². The molecule has 1 atom stereocenters. The number of hydrogen-bond donors (Lipinski definition) is 2. The molecule has 1 aliphatic heterocycles. The summed E-state index contributed by atoms with van der Waals surface area (Å²) in [5.74, 6) is -0.119. The average molecular weight is 348 g/mol. The van der Waals surface area contributed by atoms with E-state index in [1.807, 2.05) is 25.1 Å². The van der Waals surface area contributed by atoms with Gasteiger partial charge >= 0.3 is 0 Å². The SMILES string of the molecule is Cc1ccc2[nH]nc(C(=O)NCC(C)N3CCc4ccccc4C3)c2c1. The summed E-state index contributed by atoms with van der Waals surface area (Å²) in [6.07, 6.45) is 1.07. The van der Waals surface area contributed by atoms with Crippen LogP contribution in [-0.4, -0.2) is 40.1 Å². The van der Waals surface area contributed by atoms with Gasteiger partial charge in [0, 0.05) is 31.1 Å². The lowest BCUT2D eigenvalue weighted by molar-refractivity contribution is 0.0929. The van der Waals surface area contributed by atoms with E-state index in [0.29, 0.717) is 12.2 Å². The fraction of sp³-hybridized carbons (Fsp3) is 0.333.